The minimum Gasteiger partial charge on any atom is -0.0918 e. The molecule has 1 aliphatic carbocycles. The van der Waals surface area contributed by atoms with Gasteiger partial charge in [0.25, 0.3) is 0 Å². The van der Waals surface area contributed by atoms with Crippen LogP contribution in [-0.4, -0.2) is 0 Å². The van der Waals surface area contributed by atoms with Gasteiger partial charge >= 0.3 is 0 Å². The van der Waals surface area contributed by atoms with E-state index < -0.39 is 0 Å². The second-order valence-corrected chi connectivity index (χ2v) is 3.59. The molecule has 0 radical (unpaired) electrons. The van der Waals surface area contributed by atoms with Crippen LogP contribution in [0.5, 0.6) is 0 Å². The van der Waals surface area contributed by atoms with Gasteiger partial charge in [-0.2, -0.15) is 0 Å². The van der Waals surface area contributed by atoms with Gasteiger partial charge in [0.05, 0.1) is 0 Å². The van der Waals surface area contributed by atoms with Gasteiger partial charge in [-0.15, -0.1) is 0 Å². The summed E-state index contributed by atoms with van der Waals surface area (Å²) in [5.41, 5.74) is 2.46. The average Bonchev–Trinajstić information content (AvgIpc) is 2.44. The standard InChI is InChI=1S/C14H14/c1-12-6-5-9-14(11-10-12)13-7-3-2-4-8-13/h2-8,10-11,14H,1,9H2. The van der Waals surface area contributed by atoms with Gasteiger partial charge < -0.3 is 0 Å². The SMILES string of the molecule is C=C1C=CCC(c2ccccc2)C=C1. The molecule has 0 fully saturated rings. The Labute approximate surface area is 85.3 Å². The summed E-state index contributed by atoms with van der Waals surface area (Å²) < 4.78 is 0. The lowest BCUT2D eigenvalue weighted by molar-refractivity contribution is 0.867. The molecule has 0 bridgehead atoms. The third kappa shape index (κ3) is 2.02. The fourth-order valence-corrected chi connectivity index (χ4v) is 1.69. The third-order valence-corrected chi connectivity index (χ3v) is 2.49. The Morgan fingerprint density at radius 1 is 1.07 bits per heavy atom. The Bertz CT molecular complexity index is 368. The lowest BCUT2D eigenvalue weighted by atomic mass is 9.96. The smallest absolute Gasteiger partial charge is 0.00559 e. The van der Waals surface area contributed by atoms with E-state index in [-0.39, 0.29) is 0 Å². The zero-order chi connectivity index (χ0) is 9.80. The van der Waals surface area contributed by atoms with Gasteiger partial charge in [-0.1, -0.05) is 61.2 Å². The van der Waals surface area contributed by atoms with Crippen molar-refractivity contribution < 1.29 is 0 Å². The first-order chi connectivity index (χ1) is 6.86. The van der Waals surface area contributed by atoms with Crippen LogP contribution in [0.2, 0.25) is 0 Å². The molecule has 1 atom stereocenters. The second-order valence-electron chi connectivity index (χ2n) is 3.59. The van der Waals surface area contributed by atoms with E-state index in [2.05, 4.69) is 61.2 Å². The normalized spacial score (nSPS) is 20.9. The summed E-state index contributed by atoms with van der Waals surface area (Å²) in [4.78, 5) is 0. The summed E-state index contributed by atoms with van der Waals surface area (Å²) in [6.07, 6.45) is 9.68. The van der Waals surface area contributed by atoms with Crippen LogP contribution in [0, 0.1) is 0 Å². The van der Waals surface area contributed by atoms with Gasteiger partial charge in [0.2, 0.25) is 0 Å². The first-order valence-electron chi connectivity index (χ1n) is 4.95. The number of allylic oxidation sites excluding steroid dienone is 5. The molecule has 0 aromatic heterocycles. The fraction of sp³-hybridized carbons (Fsp3) is 0.143. The summed E-state index contributed by atoms with van der Waals surface area (Å²) in [5.74, 6) is 0.506. The van der Waals surface area contributed by atoms with Gasteiger partial charge in [-0.3, -0.25) is 0 Å². The van der Waals surface area contributed by atoms with Crippen molar-refractivity contribution in [1.29, 1.82) is 0 Å². The van der Waals surface area contributed by atoms with E-state index >= 15 is 0 Å². The molecule has 0 saturated carbocycles. The molecule has 0 saturated heterocycles. The minimum atomic E-state index is 0.506. The number of rotatable bonds is 1. The van der Waals surface area contributed by atoms with Crippen LogP contribution in [0.3, 0.4) is 0 Å². The Morgan fingerprint density at radius 2 is 1.86 bits per heavy atom. The van der Waals surface area contributed by atoms with Crippen molar-refractivity contribution >= 4 is 0 Å². The van der Waals surface area contributed by atoms with E-state index in [4.69, 9.17) is 0 Å². The van der Waals surface area contributed by atoms with Crippen LogP contribution in [-0.2, 0) is 0 Å². The van der Waals surface area contributed by atoms with Gasteiger partial charge in [0, 0.05) is 5.92 Å². The minimum absolute atomic E-state index is 0.506. The third-order valence-electron chi connectivity index (χ3n) is 2.49. The van der Waals surface area contributed by atoms with Crippen LogP contribution >= 0.6 is 0 Å². The maximum Gasteiger partial charge on any atom is 0.00559 e. The van der Waals surface area contributed by atoms with E-state index in [9.17, 15) is 0 Å². The largest absolute Gasteiger partial charge is 0.0918 e. The molecule has 2 rings (SSSR count). The van der Waals surface area contributed by atoms with Crippen molar-refractivity contribution in [2.75, 3.05) is 0 Å². The molecule has 0 aliphatic heterocycles. The molecule has 0 amide bonds. The molecule has 0 spiro atoms. The monoisotopic (exact) mass is 182 g/mol. The number of hydrogen-bond donors (Lipinski definition) is 0. The molecule has 1 aromatic carbocycles. The van der Waals surface area contributed by atoms with Crippen molar-refractivity contribution in [3.05, 3.63) is 72.4 Å². The zero-order valence-electron chi connectivity index (χ0n) is 8.19. The van der Waals surface area contributed by atoms with Gasteiger partial charge in [0.15, 0.2) is 0 Å². The van der Waals surface area contributed by atoms with Crippen LogP contribution in [0.1, 0.15) is 17.9 Å². The number of benzene rings is 1. The topological polar surface area (TPSA) is 0 Å². The van der Waals surface area contributed by atoms with Crippen LogP contribution in [0.4, 0.5) is 0 Å². The predicted molar refractivity (Wildman–Crippen MR) is 61.2 cm³/mol. The van der Waals surface area contributed by atoms with Crippen molar-refractivity contribution in [2.24, 2.45) is 0 Å². The highest BCUT2D eigenvalue weighted by Gasteiger charge is 2.06. The average molecular weight is 182 g/mol. The van der Waals surface area contributed by atoms with Crippen molar-refractivity contribution in [3.63, 3.8) is 0 Å². The first kappa shape index (κ1) is 9.01. The van der Waals surface area contributed by atoms with Crippen molar-refractivity contribution in [3.8, 4) is 0 Å². The Morgan fingerprint density at radius 3 is 2.64 bits per heavy atom. The Kier molecular flexibility index (Phi) is 2.64. The maximum atomic E-state index is 3.93. The van der Waals surface area contributed by atoms with E-state index in [0.29, 0.717) is 5.92 Å². The first-order valence-corrected chi connectivity index (χ1v) is 4.95. The van der Waals surface area contributed by atoms with Crippen molar-refractivity contribution in [2.45, 2.75) is 12.3 Å². The van der Waals surface area contributed by atoms with Gasteiger partial charge in [0.1, 0.15) is 0 Å². The van der Waals surface area contributed by atoms with Gasteiger partial charge in [-0.05, 0) is 17.6 Å². The lowest BCUT2D eigenvalue weighted by Gasteiger charge is -2.08. The van der Waals surface area contributed by atoms with Crippen LogP contribution < -0.4 is 0 Å². The number of hydrogen-bond acceptors (Lipinski definition) is 0. The highest BCUT2D eigenvalue weighted by atomic mass is 14.1. The summed E-state index contributed by atoms with van der Waals surface area (Å²) in [6, 6.07) is 10.6. The van der Waals surface area contributed by atoms with Crippen LogP contribution in [0.15, 0.2) is 66.8 Å². The lowest BCUT2D eigenvalue weighted by Crippen LogP contribution is -1.91. The molecule has 0 nitrogen and oxygen atoms in total. The fourth-order valence-electron chi connectivity index (χ4n) is 1.69. The predicted octanol–water partition coefficient (Wildman–Crippen LogP) is 3.84. The van der Waals surface area contributed by atoms with Crippen molar-refractivity contribution in [1.82, 2.24) is 0 Å². The quantitative estimate of drug-likeness (QED) is 0.619. The molecule has 1 unspecified atom stereocenters. The Balaban J connectivity index is 2.24. The summed E-state index contributed by atoms with van der Waals surface area (Å²) in [6.45, 7) is 3.93. The molecular formula is C14H14. The highest BCUT2D eigenvalue weighted by molar-refractivity contribution is 5.35. The summed E-state index contributed by atoms with van der Waals surface area (Å²) in [7, 11) is 0. The second kappa shape index (κ2) is 4.10. The summed E-state index contributed by atoms with van der Waals surface area (Å²) >= 11 is 0. The van der Waals surface area contributed by atoms with E-state index in [1.807, 2.05) is 0 Å². The molecule has 0 N–H and O–H groups in total. The maximum absolute atomic E-state index is 3.93. The molecule has 1 aromatic rings. The van der Waals surface area contributed by atoms with Crippen LogP contribution in [0.25, 0.3) is 0 Å². The molecule has 70 valence electrons. The molecule has 0 heteroatoms. The Hall–Kier alpha value is -1.56. The van der Waals surface area contributed by atoms with E-state index in [0.717, 1.165) is 12.0 Å². The summed E-state index contributed by atoms with van der Waals surface area (Å²) in [5, 5.41) is 0. The molecule has 0 heterocycles. The molecule has 14 heavy (non-hydrogen) atoms. The van der Waals surface area contributed by atoms with E-state index in [1.54, 1.807) is 0 Å². The van der Waals surface area contributed by atoms with Gasteiger partial charge in [-0.25, -0.2) is 0 Å². The molecule has 1 aliphatic rings. The van der Waals surface area contributed by atoms with E-state index in [1.165, 1.54) is 5.56 Å². The highest BCUT2D eigenvalue weighted by Crippen LogP contribution is 2.24. The zero-order valence-corrected chi connectivity index (χ0v) is 8.19. The molecular weight excluding hydrogens is 168 g/mol.